The quantitative estimate of drug-likeness (QED) is 0.714. The van der Waals surface area contributed by atoms with Crippen LogP contribution in [-0.2, 0) is 17.5 Å². The highest BCUT2D eigenvalue weighted by Gasteiger charge is 2.35. The lowest BCUT2D eigenvalue weighted by atomic mass is 10.0. The van der Waals surface area contributed by atoms with Crippen molar-refractivity contribution in [2.75, 3.05) is 24.6 Å². The Bertz CT molecular complexity index is 991. The van der Waals surface area contributed by atoms with E-state index in [-0.39, 0.29) is 47.7 Å². The smallest absolute Gasteiger partial charge is 0.396 e. The average Bonchev–Trinajstić information content (AvgIpc) is 3.22. The zero-order valence-corrected chi connectivity index (χ0v) is 17.3. The Morgan fingerprint density at radius 1 is 1.29 bits per heavy atom. The number of likely N-dealkylation sites (tertiary alicyclic amines) is 1. The van der Waals surface area contributed by atoms with Crippen molar-refractivity contribution in [1.82, 2.24) is 4.90 Å². The lowest BCUT2D eigenvalue weighted by Crippen LogP contribution is -2.39. The van der Waals surface area contributed by atoms with Crippen LogP contribution in [0.15, 0.2) is 42.5 Å². The molecule has 1 aliphatic rings. The van der Waals surface area contributed by atoms with Gasteiger partial charge in [-0.05, 0) is 36.2 Å². The van der Waals surface area contributed by atoms with Crippen molar-refractivity contribution in [2.24, 2.45) is 0 Å². The number of alkyl halides is 3. The standard InChI is InChI=1S/C22H21ClF3N3O2/c23-20-11-17(6-5-15(20)12-27)29(18-7-9-28(14-18)21(31)8-10-30)13-16-3-1-2-4-19(16)22(24,25)26/h1-6,11,18,30H,7-10,13-14H2. The first-order valence-electron chi connectivity index (χ1n) is 9.74. The molecule has 31 heavy (non-hydrogen) atoms. The molecular formula is C22H21ClF3N3O2. The average molecular weight is 452 g/mol. The molecule has 0 saturated carbocycles. The van der Waals surface area contributed by atoms with Crippen LogP contribution >= 0.6 is 11.6 Å². The first-order chi connectivity index (χ1) is 14.7. The predicted octanol–water partition coefficient (Wildman–Crippen LogP) is 4.22. The van der Waals surface area contributed by atoms with Crippen LogP contribution in [-0.4, -0.2) is 41.7 Å². The number of aliphatic hydroxyl groups excluding tert-OH is 1. The number of nitriles is 1. The number of benzene rings is 2. The summed E-state index contributed by atoms with van der Waals surface area (Å²) in [5, 5.41) is 18.4. The number of amides is 1. The van der Waals surface area contributed by atoms with Crippen molar-refractivity contribution < 1.29 is 23.1 Å². The molecule has 1 unspecified atom stereocenters. The third-order valence-corrected chi connectivity index (χ3v) is 5.66. The zero-order chi connectivity index (χ0) is 22.6. The maximum atomic E-state index is 13.5. The molecule has 1 heterocycles. The maximum Gasteiger partial charge on any atom is 0.416 e. The van der Waals surface area contributed by atoms with Gasteiger partial charge in [0.05, 0.1) is 22.8 Å². The second kappa shape index (κ2) is 9.58. The van der Waals surface area contributed by atoms with E-state index in [2.05, 4.69) is 0 Å². The van der Waals surface area contributed by atoms with E-state index in [1.165, 1.54) is 18.2 Å². The molecule has 164 valence electrons. The van der Waals surface area contributed by atoms with E-state index in [0.717, 1.165) is 6.07 Å². The number of hydrogen-bond acceptors (Lipinski definition) is 4. The van der Waals surface area contributed by atoms with Gasteiger partial charge >= 0.3 is 6.18 Å². The minimum absolute atomic E-state index is 0.00627. The molecule has 5 nitrogen and oxygen atoms in total. The van der Waals surface area contributed by atoms with Gasteiger partial charge in [-0.15, -0.1) is 0 Å². The summed E-state index contributed by atoms with van der Waals surface area (Å²) in [6.07, 6.45) is -3.93. The summed E-state index contributed by atoms with van der Waals surface area (Å²) >= 11 is 6.19. The minimum Gasteiger partial charge on any atom is -0.396 e. The summed E-state index contributed by atoms with van der Waals surface area (Å²) in [7, 11) is 0. The number of carbonyl (C=O) groups excluding carboxylic acids is 1. The summed E-state index contributed by atoms with van der Waals surface area (Å²) in [6, 6.07) is 11.9. The van der Waals surface area contributed by atoms with Crippen LogP contribution in [0.5, 0.6) is 0 Å². The van der Waals surface area contributed by atoms with Crippen LogP contribution in [0, 0.1) is 11.3 Å². The molecule has 1 aliphatic heterocycles. The van der Waals surface area contributed by atoms with Crippen LogP contribution in [0.2, 0.25) is 5.02 Å². The highest BCUT2D eigenvalue weighted by atomic mass is 35.5. The first kappa shape index (κ1) is 22.9. The third-order valence-electron chi connectivity index (χ3n) is 5.35. The van der Waals surface area contributed by atoms with Crippen molar-refractivity contribution in [3.8, 4) is 6.07 Å². The van der Waals surface area contributed by atoms with Crippen molar-refractivity contribution in [1.29, 1.82) is 5.26 Å². The number of rotatable bonds is 6. The van der Waals surface area contributed by atoms with Gasteiger partial charge in [0, 0.05) is 37.8 Å². The van der Waals surface area contributed by atoms with E-state index < -0.39 is 11.7 Å². The predicted molar refractivity (Wildman–Crippen MR) is 110 cm³/mol. The van der Waals surface area contributed by atoms with Crippen molar-refractivity contribution >= 4 is 23.2 Å². The Morgan fingerprint density at radius 2 is 2.03 bits per heavy atom. The minimum atomic E-state index is -4.50. The summed E-state index contributed by atoms with van der Waals surface area (Å²) in [5.41, 5.74) is 0.233. The summed E-state index contributed by atoms with van der Waals surface area (Å²) < 4.78 is 40.6. The number of nitrogens with zero attached hydrogens (tertiary/aromatic N) is 3. The molecule has 2 aromatic carbocycles. The fraction of sp³-hybridized carbons (Fsp3) is 0.364. The molecule has 1 atom stereocenters. The molecule has 9 heteroatoms. The Kier molecular flexibility index (Phi) is 7.08. The van der Waals surface area contributed by atoms with Crippen LogP contribution in [0.4, 0.5) is 18.9 Å². The summed E-state index contributed by atoms with van der Waals surface area (Å²) in [5.74, 6) is -0.196. The highest BCUT2D eigenvalue weighted by Crippen LogP contribution is 2.35. The lowest BCUT2D eigenvalue weighted by Gasteiger charge is -2.32. The largest absolute Gasteiger partial charge is 0.416 e. The van der Waals surface area contributed by atoms with Crippen molar-refractivity contribution in [3.63, 3.8) is 0 Å². The summed E-state index contributed by atoms with van der Waals surface area (Å²) in [4.78, 5) is 15.6. The van der Waals surface area contributed by atoms with Crippen molar-refractivity contribution in [3.05, 3.63) is 64.2 Å². The maximum absolute atomic E-state index is 13.5. The topological polar surface area (TPSA) is 67.6 Å². The van der Waals surface area contributed by atoms with Crippen LogP contribution in [0.3, 0.4) is 0 Å². The Morgan fingerprint density at radius 3 is 2.68 bits per heavy atom. The second-order valence-corrected chi connectivity index (χ2v) is 7.72. The molecule has 1 saturated heterocycles. The molecular weight excluding hydrogens is 431 g/mol. The molecule has 2 aromatic rings. The molecule has 1 fully saturated rings. The number of hydrogen-bond donors (Lipinski definition) is 1. The second-order valence-electron chi connectivity index (χ2n) is 7.31. The normalized spacial score (nSPS) is 16.3. The molecule has 0 aliphatic carbocycles. The monoisotopic (exact) mass is 451 g/mol. The molecule has 0 spiro atoms. The van der Waals surface area contributed by atoms with E-state index in [1.54, 1.807) is 28.0 Å². The SMILES string of the molecule is N#Cc1ccc(N(Cc2ccccc2C(F)(F)F)C2CCN(C(=O)CCO)C2)cc1Cl. The zero-order valence-electron chi connectivity index (χ0n) is 16.6. The van der Waals surface area contributed by atoms with E-state index in [0.29, 0.717) is 25.2 Å². The van der Waals surface area contributed by atoms with E-state index in [4.69, 9.17) is 22.0 Å². The Labute approximate surface area is 183 Å². The number of aliphatic hydroxyl groups is 1. The highest BCUT2D eigenvalue weighted by molar-refractivity contribution is 6.32. The number of anilines is 1. The van der Waals surface area contributed by atoms with Gasteiger partial charge in [-0.3, -0.25) is 4.79 Å². The van der Waals surface area contributed by atoms with Gasteiger partial charge < -0.3 is 14.9 Å². The van der Waals surface area contributed by atoms with Gasteiger partial charge in [0.1, 0.15) is 6.07 Å². The van der Waals surface area contributed by atoms with Gasteiger partial charge in [-0.2, -0.15) is 18.4 Å². The summed E-state index contributed by atoms with van der Waals surface area (Å²) in [6.45, 7) is 0.480. The van der Waals surface area contributed by atoms with Crippen LogP contribution in [0.25, 0.3) is 0 Å². The van der Waals surface area contributed by atoms with E-state index in [9.17, 15) is 18.0 Å². The molecule has 3 rings (SSSR count). The molecule has 0 aromatic heterocycles. The fourth-order valence-corrected chi connectivity index (χ4v) is 4.02. The van der Waals surface area contributed by atoms with Gasteiger partial charge in [-0.1, -0.05) is 29.8 Å². The molecule has 0 radical (unpaired) electrons. The molecule has 1 N–H and O–H groups in total. The Hall–Kier alpha value is -2.76. The number of carbonyl (C=O) groups is 1. The van der Waals surface area contributed by atoms with Gasteiger partial charge in [-0.25, -0.2) is 0 Å². The third kappa shape index (κ3) is 5.30. The van der Waals surface area contributed by atoms with Crippen LogP contribution in [0.1, 0.15) is 29.5 Å². The molecule has 0 bridgehead atoms. The van der Waals surface area contributed by atoms with E-state index in [1.807, 2.05) is 6.07 Å². The molecule has 1 amide bonds. The first-order valence-corrected chi connectivity index (χ1v) is 10.1. The Balaban J connectivity index is 1.96. The lowest BCUT2D eigenvalue weighted by molar-refractivity contribution is -0.138. The fourth-order valence-electron chi connectivity index (χ4n) is 3.80. The van der Waals surface area contributed by atoms with Gasteiger partial charge in [0.15, 0.2) is 0 Å². The van der Waals surface area contributed by atoms with E-state index >= 15 is 0 Å². The van der Waals surface area contributed by atoms with Gasteiger partial charge in [0.2, 0.25) is 5.91 Å². The van der Waals surface area contributed by atoms with Crippen molar-refractivity contribution in [2.45, 2.75) is 31.6 Å². The number of halogens is 4. The van der Waals surface area contributed by atoms with Crippen LogP contribution < -0.4 is 4.90 Å². The van der Waals surface area contributed by atoms with Gasteiger partial charge in [0.25, 0.3) is 0 Å².